The Hall–Kier alpha value is -4.13. The zero-order valence-corrected chi connectivity index (χ0v) is 23.7. The molecule has 2 aliphatic heterocycles. The van der Waals surface area contributed by atoms with Crippen molar-refractivity contribution in [1.82, 2.24) is 15.3 Å². The van der Waals surface area contributed by atoms with Crippen molar-refractivity contribution in [3.63, 3.8) is 0 Å². The highest BCUT2D eigenvalue weighted by atomic mass is 32.2. The number of pyridine rings is 2. The van der Waals surface area contributed by atoms with Gasteiger partial charge in [0, 0.05) is 36.4 Å². The third-order valence-corrected chi connectivity index (χ3v) is 9.08. The molecule has 0 spiro atoms. The second-order valence-corrected chi connectivity index (χ2v) is 12.1. The van der Waals surface area contributed by atoms with Crippen molar-refractivity contribution in [3.8, 4) is 17.0 Å². The fraction of sp³-hybridized carbons (Fsp3) is 0.300. The second-order valence-electron chi connectivity index (χ2n) is 10.0. The van der Waals surface area contributed by atoms with E-state index in [1.807, 2.05) is 17.0 Å². The number of hydrogen-bond donors (Lipinski definition) is 1. The molecule has 0 bridgehead atoms. The third kappa shape index (κ3) is 5.52. The molecule has 1 N–H and O–H groups in total. The van der Waals surface area contributed by atoms with Crippen LogP contribution in [0.5, 0.6) is 5.75 Å². The molecule has 0 radical (unpaired) electrons. The maximum absolute atomic E-state index is 14.9. The number of hydrogen-bond acceptors (Lipinski definition) is 9. The molecule has 10 nitrogen and oxygen atoms in total. The van der Waals surface area contributed by atoms with Crippen LogP contribution >= 0.6 is 0 Å². The molecular formula is C30H29FN4O6S. The molecule has 2 aliphatic rings. The van der Waals surface area contributed by atoms with Crippen molar-refractivity contribution in [2.75, 3.05) is 50.7 Å². The lowest BCUT2D eigenvalue weighted by atomic mass is 10.1. The van der Waals surface area contributed by atoms with Crippen molar-refractivity contribution in [1.29, 1.82) is 0 Å². The molecule has 4 heterocycles. The van der Waals surface area contributed by atoms with Gasteiger partial charge < -0.3 is 24.4 Å². The van der Waals surface area contributed by atoms with Gasteiger partial charge in [0.05, 0.1) is 60.5 Å². The van der Waals surface area contributed by atoms with Crippen LogP contribution in [0.4, 0.5) is 10.1 Å². The van der Waals surface area contributed by atoms with Crippen molar-refractivity contribution in [3.05, 3.63) is 77.4 Å². The Balaban J connectivity index is 1.24. The highest BCUT2D eigenvalue weighted by Crippen LogP contribution is 2.42. The van der Waals surface area contributed by atoms with Gasteiger partial charge >= 0.3 is 0 Å². The minimum atomic E-state index is -3.53. The first-order valence-electron chi connectivity index (χ1n) is 13.5. The Morgan fingerprint density at radius 2 is 2.02 bits per heavy atom. The van der Waals surface area contributed by atoms with Crippen LogP contribution in [0.3, 0.4) is 0 Å². The standard InChI is InChI=1S/C30H29FN4O6S/c1-39-10-8-35-9-11-41-29-23(5-6-24(31)28(29)35)25-7-4-20-16-32-22(15-26(20)34-25)17-33-30(36)19-2-3-21-18-40-12-13-42(37,38)27(21)14-19/h2-7,14-16H,8-13,17-18H2,1H3,(H,33,36). The average molecular weight is 593 g/mol. The van der Waals surface area contributed by atoms with Gasteiger partial charge in [-0.3, -0.25) is 9.78 Å². The van der Waals surface area contributed by atoms with Crippen molar-refractivity contribution >= 4 is 32.3 Å². The van der Waals surface area contributed by atoms with Gasteiger partial charge in [-0.25, -0.2) is 17.8 Å². The summed E-state index contributed by atoms with van der Waals surface area (Å²) in [7, 11) is -1.92. The fourth-order valence-corrected chi connectivity index (χ4v) is 6.52. The molecule has 0 atom stereocenters. The summed E-state index contributed by atoms with van der Waals surface area (Å²) < 4.78 is 56.6. The van der Waals surface area contributed by atoms with E-state index in [-0.39, 0.29) is 41.8 Å². The van der Waals surface area contributed by atoms with E-state index in [1.165, 1.54) is 12.1 Å². The minimum Gasteiger partial charge on any atom is -0.489 e. The number of nitrogens with one attached hydrogen (secondary N) is 1. The van der Waals surface area contributed by atoms with Crippen LogP contribution in [0.15, 0.2) is 59.6 Å². The number of methoxy groups -OCH3 is 1. The van der Waals surface area contributed by atoms with Crippen LogP contribution < -0.4 is 15.0 Å². The van der Waals surface area contributed by atoms with E-state index < -0.39 is 15.7 Å². The molecule has 0 saturated carbocycles. The number of amides is 1. The zero-order chi connectivity index (χ0) is 29.3. The lowest BCUT2D eigenvalue weighted by molar-refractivity contribution is 0.0950. The maximum Gasteiger partial charge on any atom is 0.251 e. The number of benzene rings is 2. The summed E-state index contributed by atoms with van der Waals surface area (Å²) in [6.45, 7) is 2.38. The molecular weight excluding hydrogens is 563 g/mol. The third-order valence-electron chi connectivity index (χ3n) is 7.33. The molecule has 0 fully saturated rings. The number of nitrogens with zero attached hydrogens (tertiary/aromatic N) is 3. The number of halogens is 1. The van der Waals surface area contributed by atoms with E-state index in [0.717, 1.165) is 5.39 Å². The normalized spacial score (nSPS) is 15.8. The highest BCUT2D eigenvalue weighted by Gasteiger charge is 2.26. The Bertz CT molecular complexity index is 1780. The summed E-state index contributed by atoms with van der Waals surface area (Å²) in [5.74, 6) is -0.469. The highest BCUT2D eigenvalue weighted by molar-refractivity contribution is 7.91. The number of carbonyl (C=O) groups excluding carboxylic acids is 1. The minimum absolute atomic E-state index is 0.108. The molecule has 218 valence electrons. The number of aromatic nitrogens is 2. The molecule has 4 aromatic rings. The van der Waals surface area contributed by atoms with Gasteiger partial charge in [0.25, 0.3) is 5.91 Å². The first-order valence-corrected chi connectivity index (χ1v) is 15.2. The van der Waals surface area contributed by atoms with E-state index in [1.54, 1.807) is 37.6 Å². The first kappa shape index (κ1) is 28.0. The van der Waals surface area contributed by atoms with Gasteiger partial charge in [-0.2, -0.15) is 0 Å². The summed E-state index contributed by atoms with van der Waals surface area (Å²) in [4.78, 5) is 24.2. The SMILES string of the molecule is COCCN1CCOc2c(-c3ccc4cnc(CNC(=O)c5ccc6c(c5)S(=O)(=O)CCOC6)cc4n3)ccc(F)c21. The lowest BCUT2D eigenvalue weighted by Gasteiger charge is -2.32. The van der Waals surface area contributed by atoms with Gasteiger partial charge in [0.2, 0.25) is 0 Å². The summed E-state index contributed by atoms with van der Waals surface area (Å²) in [5.41, 5.74) is 3.68. The van der Waals surface area contributed by atoms with Gasteiger partial charge in [-0.05, 0) is 48.0 Å². The maximum atomic E-state index is 14.9. The summed E-state index contributed by atoms with van der Waals surface area (Å²) in [6, 6.07) is 13.2. The first-order chi connectivity index (χ1) is 20.3. The van der Waals surface area contributed by atoms with Crippen LogP contribution in [0.1, 0.15) is 21.6 Å². The fourth-order valence-electron chi connectivity index (χ4n) is 5.13. The van der Waals surface area contributed by atoms with Crippen molar-refractivity contribution < 1.29 is 31.8 Å². The molecule has 2 aromatic heterocycles. The summed E-state index contributed by atoms with van der Waals surface area (Å²) in [5, 5.41) is 3.61. The molecule has 1 amide bonds. The monoisotopic (exact) mass is 592 g/mol. The second kappa shape index (κ2) is 11.6. The van der Waals surface area contributed by atoms with E-state index in [9.17, 15) is 17.6 Å². The number of sulfone groups is 1. The van der Waals surface area contributed by atoms with Crippen LogP contribution in [-0.2, 0) is 32.5 Å². The molecule has 0 aliphatic carbocycles. The summed E-state index contributed by atoms with van der Waals surface area (Å²) in [6.07, 6.45) is 1.67. The molecule has 12 heteroatoms. The molecule has 0 unspecified atom stereocenters. The number of fused-ring (bicyclic) bond motifs is 3. The van der Waals surface area contributed by atoms with Gasteiger partial charge in [0.1, 0.15) is 18.1 Å². The average Bonchev–Trinajstić information content (AvgIpc) is 3.15. The molecule has 6 rings (SSSR count). The number of carbonyl (C=O) groups is 1. The van der Waals surface area contributed by atoms with Gasteiger partial charge in [-0.15, -0.1) is 0 Å². The predicted molar refractivity (Wildman–Crippen MR) is 154 cm³/mol. The van der Waals surface area contributed by atoms with Crippen LogP contribution in [-0.4, -0.2) is 70.1 Å². The lowest BCUT2D eigenvalue weighted by Crippen LogP contribution is -2.36. The molecule has 42 heavy (non-hydrogen) atoms. The quantitative estimate of drug-likeness (QED) is 0.344. The number of ether oxygens (including phenoxy) is 3. The van der Waals surface area contributed by atoms with Crippen LogP contribution in [0, 0.1) is 5.82 Å². The predicted octanol–water partition coefficient (Wildman–Crippen LogP) is 3.52. The van der Waals surface area contributed by atoms with E-state index in [4.69, 9.17) is 19.2 Å². The Morgan fingerprint density at radius 1 is 1.14 bits per heavy atom. The Morgan fingerprint density at radius 3 is 2.88 bits per heavy atom. The topological polar surface area (TPSA) is 120 Å². The van der Waals surface area contributed by atoms with Gasteiger partial charge in [-0.1, -0.05) is 6.07 Å². The summed E-state index contributed by atoms with van der Waals surface area (Å²) >= 11 is 0. The number of anilines is 1. The molecule has 0 saturated heterocycles. The zero-order valence-electron chi connectivity index (χ0n) is 22.9. The Kier molecular flexibility index (Phi) is 7.76. The van der Waals surface area contributed by atoms with E-state index >= 15 is 0 Å². The van der Waals surface area contributed by atoms with E-state index in [2.05, 4.69) is 10.3 Å². The molecule has 2 aromatic carbocycles. The smallest absolute Gasteiger partial charge is 0.251 e. The van der Waals surface area contributed by atoms with Crippen LogP contribution in [0.2, 0.25) is 0 Å². The van der Waals surface area contributed by atoms with Crippen LogP contribution in [0.25, 0.3) is 22.2 Å². The van der Waals surface area contributed by atoms with Crippen molar-refractivity contribution in [2.24, 2.45) is 0 Å². The van der Waals surface area contributed by atoms with Gasteiger partial charge in [0.15, 0.2) is 15.6 Å². The van der Waals surface area contributed by atoms with Crippen molar-refractivity contribution in [2.45, 2.75) is 18.0 Å². The largest absolute Gasteiger partial charge is 0.489 e. The van der Waals surface area contributed by atoms with E-state index in [0.29, 0.717) is 65.8 Å². The Labute approximate surface area is 242 Å². The number of rotatable bonds is 7.